The number of aliphatic hydroxyl groups excluding tert-OH is 14. The maximum absolute atomic E-state index is 14.8. The average molecular weight is 1110 g/mol. The Morgan fingerprint density at radius 2 is 1.00 bits per heavy atom. The minimum atomic E-state index is -1.94. The molecular weight excluding hydrogens is 1020 g/mol. The van der Waals surface area contributed by atoms with Gasteiger partial charge in [0.2, 0.25) is 6.29 Å². The fourth-order valence-corrected chi connectivity index (χ4v) is 16.5. The number of hydrogen-bond acceptors (Lipinski definition) is 23. The van der Waals surface area contributed by atoms with Gasteiger partial charge in [0.25, 0.3) is 0 Å². The highest BCUT2D eigenvalue weighted by molar-refractivity contribution is 5.79. The number of aliphatic hydroxyl groups is 14. The van der Waals surface area contributed by atoms with Crippen LogP contribution >= 0.6 is 0 Å². The van der Waals surface area contributed by atoms with Crippen molar-refractivity contribution in [1.29, 1.82) is 0 Å². The van der Waals surface area contributed by atoms with E-state index in [0.29, 0.717) is 25.7 Å². The van der Waals surface area contributed by atoms with Crippen molar-refractivity contribution in [2.45, 2.75) is 242 Å². The van der Waals surface area contributed by atoms with Gasteiger partial charge in [-0.3, -0.25) is 4.79 Å². The number of carbonyl (C=O) groups excluding carboxylic acids is 1. The molecule has 77 heavy (non-hydrogen) atoms. The predicted molar refractivity (Wildman–Crippen MR) is 263 cm³/mol. The van der Waals surface area contributed by atoms with Crippen LogP contribution in [0.1, 0.15) is 113 Å². The zero-order valence-corrected chi connectivity index (χ0v) is 45.3. The molecule has 0 aromatic rings. The topological polar surface area (TPSA) is 374 Å². The van der Waals surface area contributed by atoms with Gasteiger partial charge in [-0.2, -0.15) is 0 Å². The molecule has 5 aliphatic carbocycles. The first-order valence-corrected chi connectivity index (χ1v) is 27.8. The van der Waals surface area contributed by atoms with Gasteiger partial charge < -0.3 is 109 Å². The predicted octanol–water partition coefficient (Wildman–Crippen LogP) is -2.04. The largest absolute Gasteiger partial charge is 0.432 e. The van der Waals surface area contributed by atoms with Crippen molar-refractivity contribution in [3.63, 3.8) is 0 Å². The Kier molecular flexibility index (Phi) is 17.0. The highest BCUT2D eigenvalue weighted by Gasteiger charge is 2.70. The van der Waals surface area contributed by atoms with Crippen LogP contribution in [0.2, 0.25) is 0 Å². The Labute approximate surface area is 449 Å². The maximum Gasteiger partial charge on any atom is 0.315 e. The number of rotatable bonds is 12. The summed E-state index contributed by atoms with van der Waals surface area (Å²) in [7, 11) is 0. The highest BCUT2D eigenvalue weighted by Crippen LogP contribution is 2.76. The normalized spacial score (nSPS) is 53.4. The van der Waals surface area contributed by atoms with Crippen LogP contribution in [-0.2, 0) is 42.7 Å². The van der Waals surface area contributed by atoms with E-state index in [-0.39, 0.29) is 39.4 Å². The molecule has 14 N–H and O–H groups in total. The first-order valence-electron chi connectivity index (χ1n) is 27.8. The first kappa shape index (κ1) is 60.0. The number of esters is 1. The van der Waals surface area contributed by atoms with E-state index >= 15 is 0 Å². The van der Waals surface area contributed by atoms with Gasteiger partial charge in [-0.25, -0.2) is 0 Å². The molecule has 0 aromatic carbocycles. The molecule has 23 nitrogen and oxygen atoms in total. The van der Waals surface area contributed by atoms with Crippen LogP contribution in [-0.4, -0.2) is 233 Å². The van der Waals surface area contributed by atoms with E-state index in [9.17, 15) is 76.3 Å². The molecule has 28 atom stereocenters. The van der Waals surface area contributed by atoms with Gasteiger partial charge in [0.05, 0.1) is 37.9 Å². The Morgan fingerprint density at radius 1 is 0.519 bits per heavy atom. The molecule has 4 saturated carbocycles. The Bertz CT molecular complexity index is 2110. The summed E-state index contributed by atoms with van der Waals surface area (Å²) in [4.78, 5) is 14.8. The van der Waals surface area contributed by atoms with Gasteiger partial charge in [0.1, 0.15) is 97.7 Å². The standard InChI is InChI=1S/C54H88O23/c1-49(2)14-16-54(48(69)77-46-40(67)37(64)34(61)27(21-57)72-46)17-15-52(6)23(24(54)18-49)8-9-30-51(5)12-11-31(50(3,4)29(51)10-13-53(30,52)7)74-47-41(68)43(76-45-39(66)36(63)33(60)26(20-56)71-45)42(28(22-58)73-47)75-44-38(65)35(62)32(59)25(19-55)70-44/h8,24-47,55-68H,9-22H2,1-7H3/t24?,25-,26-,27-,28-,29?,30?,31+,32-,33-,34-,35+,36+,37+,38-,39-,40-,41-,42+,43-,44+,45+,46+,47+,51+,52-,53-,54+/m1/s1. The lowest BCUT2D eigenvalue weighted by Gasteiger charge is -2.71. The van der Waals surface area contributed by atoms with E-state index in [2.05, 4.69) is 54.5 Å². The number of fused-ring (bicyclic) bond motifs is 7. The molecule has 0 bridgehead atoms. The molecular formula is C54H88O23. The third kappa shape index (κ3) is 9.80. The molecule has 4 saturated heterocycles. The van der Waals surface area contributed by atoms with Crippen molar-refractivity contribution < 1.29 is 114 Å². The van der Waals surface area contributed by atoms with Crippen LogP contribution in [0.25, 0.3) is 0 Å². The SMILES string of the molecule is CC1(C)CC[C@]2(C(=O)O[C@@H]3O[C@H](CO)[C@@H](O)[C@H](O)[C@H]3O)CC[C@]3(C)C(=CCC4[C@@]5(C)CC[C@H](O[C@@H]6O[C@H](CO)[C@H](O[C@@H]7O[C@H](CO)[C@@H](O)[C@H](O)[C@H]7O)[C@H](O[C@@H]7O[C@H](CO)[C@@H](O)[C@H](O)[C@H]7O)[C@H]6O)C(C)(C)C5CC[C@]43C)C2C1. The van der Waals surface area contributed by atoms with Crippen LogP contribution in [0.3, 0.4) is 0 Å². The first-order chi connectivity index (χ1) is 36.1. The number of ether oxygens (including phenoxy) is 8. The van der Waals surface area contributed by atoms with Gasteiger partial charge in [0, 0.05) is 0 Å². The Balaban J connectivity index is 0.964. The summed E-state index contributed by atoms with van der Waals surface area (Å²) in [5, 5.41) is 149. The molecule has 9 aliphatic rings. The van der Waals surface area contributed by atoms with Crippen molar-refractivity contribution in [3.05, 3.63) is 11.6 Å². The van der Waals surface area contributed by atoms with Crippen LogP contribution in [0.4, 0.5) is 0 Å². The fraction of sp³-hybridized carbons (Fsp3) is 0.944. The highest BCUT2D eigenvalue weighted by atomic mass is 16.8. The summed E-state index contributed by atoms with van der Waals surface area (Å²) >= 11 is 0. The zero-order valence-electron chi connectivity index (χ0n) is 45.3. The van der Waals surface area contributed by atoms with Crippen LogP contribution in [0.5, 0.6) is 0 Å². The van der Waals surface area contributed by atoms with Crippen molar-refractivity contribution in [2.24, 2.45) is 50.2 Å². The second-order valence-corrected chi connectivity index (χ2v) is 26.3. The van der Waals surface area contributed by atoms with Gasteiger partial charge in [-0.15, -0.1) is 0 Å². The van der Waals surface area contributed by atoms with E-state index in [1.807, 2.05) is 0 Å². The molecule has 0 radical (unpaired) electrons. The second-order valence-electron chi connectivity index (χ2n) is 26.3. The third-order valence-electron chi connectivity index (χ3n) is 21.4. The van der Waals surface area contributed by atoms with Crippen LogP contribution < -0.4 is 0 Å². The van der Waals surface area contributed by atoms with Crippen molar-refractivity contribution >= 4 is 5.97 Å². The summed E-state index contributed by atoms with van der Waals surface area (Å²) in [5.74, 6) is -0.436. The van der Waals surface area contributed by atoms with Gasteiger partial charge in [-0.05, 0) is 109 Å². The van der Waals surface area contributed by atoms with Crippen LogP contribution in [0.15, 0.2) is 11.6 Å². The monoisotopic (exact) mass is 1100 g/mol. The summed E-state index contributed by atoms with van der Waals surface area (Å²) in [6.07, 6.45) is -24.7. The Morgan fingerprint density at radius 3 is 1.55 bits per heavy atom. The summed E-state index contributed by atoms with van der Waals surface area (Å²) < 4.78 is 48.4. The van der Waals surface area contributed by atoms with Gasteiger partial charge in [0.15, 0.2) is 18.9 Å². The minimum Gasteiger partial charge on any atom is -0.432 e. The third-order valence-corrected chi connectivity index (χ3v) is 21.4. The van der Waals surface area contributed by atoms with E-state index in [1.54, 1.807) is 0 Å². The fourth-order valence-electron chi connectivity index (χ4n) is 16.5. The molecule has 4 aliphatic heterocycles. The Hall–Kier alpha value is -1.63. The molecule has 442 valence electrons. The minimum absolute atomic E-state index is 0.0768. The lowest BCUT2D eigenvalue weighted by atomic mass is 9.33. The van der Waals surface area contributed by atoms with Gasteiger partial charge in [-0.1, -0.05) is 60.1 Å². The van der Waals surface area contributed by atoms with E-state index in [0.717, 1.165) is 38.5 Å². The molecule has 8 fully saturated rings. The number of carbonyl (C=O) groups is 1. The smallest absolute Gasteiger partial charge is 0.315 e. The molecule has 0 amide bonds. The lowest BCUT2D eigenvalue weighted by Crippen LogP contribution is -2.68. The zero-order chi connectivity index (χ0) is 56.3. The molecule has 0 spiro atoms. The number of hydrogen-bond donors (Lipinski definition) is 14. The average Bonchev–Trinajstić information content (AvgIpc) is 3.53. The van der Waals surface area contributed by atoms with Crippen molar-refractivity contribution in [2.75, 3.05) is 26.4 Å². The van der Waals surface area contributed by atoms with E-state index < -0.39 is 172 Å². The molecule has 23 heteroatoms. The molecule has 3 unspecified atom stereocenters. The molecule has 0 aromatic heterocycles. The number of allylic oxidation sites excluding steroid dienone is 2. The summed E-state index contributed by atoms with van der Waals surface area (Å²) in [6, 6.07) is 0. The second kappa shape index (κ2) is 21.8. The summed E-state index contributed by atoms with van der Waals surface area (Å²) in [6.45, 7) is 12.8. The van der Waals surface area contributed by atoms with E-state index in [1.165, 1.54) is 5.57 Å². The van der Waals surface area contributed by atoms with Crippen molar-refractivity contribution in [1.82, 2.24) is 0 Å². The summed E-state index contributed by atoms with van der Waals surface area (Å²) in [5.41, 5.74) is -1.14. The molecule has 4 heterocycles. The molecule has 9 rings (SSSR count). The quantitative estimate of drug-likeness (QED) is 0.0569. The lowest BCUT2D eigenvalue weighted by molar-refractivity contribution is -0.393. The maximum atomic E-state index is 14.8. The van der Waals surface area contributed by atoms with Crippen molar-refractivity contribution in [3.8, 4) is 0 Å². The van der Waals surface area contributed by atoms with E-state index in [4.69, 9.17) is 37.9 Å². The van der Waals surface area contributed by atoms with Gasteiger partial charge >= 0.3 is 5.97 Å². The van der Waals surface area contributed by atoms with Crippen LogP contribution in [0, 0.1) is 50.2 Å².